The third-order valence-corrected chi connectivity index (χ3v) is 2.65. The minimum absolute atomic E-state index is 0.0529. The van der Waals surface area contributed by atoms with E-state index in [9.17, 15) is 14.9 Å². The van der Waals surface area contributed by atoms with Gasteiger partial charge in [0.2, 0.25) is 17.5 Å². The summed E-state index contributed by atoms with van der Waals surface area (Å²) < 4.78 is 5.58. The quantitative estimate of drug-likeness (QED) is 0.602. The van der Waals surface area contributed by atoms with Gasteiger partial charge in [-0.15, -0.1) is 5.10 Å². The SMILES string of the molecule is CC(=O)N1N=C(c2cccc([N+](=O)[O-])c2)OC1(C)C. The number of hydrazone groups is 1. The van der Waals surface area contributed by atoms with Crippen LogP contribution < -0.4 is 0 Å². The number of nitro benzene ring substituents is 1. The summed E-state index contributed by atoms with van der Waals surface area (Å²) in [6, 6.07) is 5.93. The van der Waals surface area contributed by atoms with Crippen molar-refractivity contribution < 1.29 is 14.5 Å². The van der Waals surface area contributed by atoms with E-state index in [1.165, 1.54) is 24.1 Å². The van der Waals surface area contributed by atoms with Crippen LogP contribution in [0.15, 0.2) is 29.4 Å². The van der Waals surface area contributed by atoms with Crippen LogP contribution in [0.2, 0.25) is 0 Å². The van der Waals surface area contributed by atoms with Gasteiger partial charge in [0, 0.05) is 24.6 Å². The third kappa shape index (κ3) is 2.40. The smallest absolute Gasteiger partial charge is 0.270 e. The minimum Gasteiger partial charge on any atom is -0.448 e. The van der Waals surface area contributed by atoms with Gasteiger partial charge < -0.3 is 4.74 Å². The molecule has 0 bridgehead atoms. The van der Waals surface area contributed by atoms with Crippen molar-refractivity contribution in [1.29, 1.82) is 0 Å². The summed E-state index contributed by atoms with van der Waals surface area (Å²) in [5.74, 6) is -0.0608. The number of nitrogens with zero attached hydrogens (tertiary/aromatic N) is 3. The lowest BCUT2D eigenvalue weighted by Gasteiger charge is -2.25. The highest BCUT2D eigenvalue weighted by Gasteiger charge is 2.39. The van der Waals surface area contributed by atoms with Crippen LogP contribution in [-0.4, -0.2) is 27.5 Å². The van der Waals surface area contributed by atoms with Gasteiger partial charge in [-0.2, -0.15) is 5.01 Å². The number of ether oxygens (including phenoxy) is 1. The molecule has 100 valence electrons. The van der Waals surface area contributed by atoms with Crippen molar-refractivity contribution in [2.24, 2.45) is 5.10 Å². The monoisotopic (exact) mass is 263 g/mol. The van der Waals surface area contributed by atoms with Crippen LogP contribution in [-0.2, 0) is 9.53 Å². The van der Waals surface area contributed by atoms with E-state index in [2.05, 4.69) is 5.10 Å². The molecule has 0 N–H and O–H groups in total. The second-order valence-electron chi connectivity index (χ2n) is 4.59. The molecule has 1 aromatic rings. The molecule has 1 heterocycles. The maximum absolute atomic E-state index is 11.4. The number of non-ortho nitro benzene ring substituents is 1. The molecular formula is C12H13N3O4. The first-order valence-electron chi connectivity index (χ1n) is 5.64. The summed E-state index contributed by atoms with van der Waals surface area (Å²) in [6.45, 7) is 4.77. The van der Waals surface area contributed by atoms with E-state index < -0.39 is 10.6 Å². The summed E-state index contributed by atoms with van der Waals surface area (Å²) in [5, 5.41) is 16.0. The molecule has 19 heavy (non-hydrogen) atoms. The van der Waals surface area contributed by atoms with Gasteiger partial charge in [0.25, 0.3) is 5.69 Å². The van der Waals surface area contributed by atoms with E-state index in [-0.39, 0.29) is 17.5 Å². The molecule has 0 saturated carbocycles. The number of rotatable bonds is 2. The molecule has 0 spiro atoms. The fraction of sp³-hybridized carbons (Fsp3) is 0.333. The van der Waals surface area contributed by atoms with E-state index in [1.807, 2.05) is 0 Å². The van der Waals surface area contributed by atoms with Gasteiger partial charge in [0.15, 0.2) is 0 Å². The number of amides is 1. The first-order valence-corrected chi connectivity index (χ1v) is 5.64. The highest BCUT2D eigenvalue weighted by molar-refractivity contribution is 5.97. The second kappa shape index (κ2) is 4.34. The number of hydrogen-bond donors (Lipinski definition) is 0. The van der Waals surface area contributed by atoms with E-state index in [0.717, 1.165) is 0 Å². The van der Waals surface area contributed by atoms with Crippen LogP contribution >= 0.6 is 0 Å². The molecule has 0 saturated heterocycles. The summed E-state index contributed by atoms with van der Waals surface area (Å²) in [6.07, 6.45) is 0. The highest BCUT2D eigenvalue weighted by atomic mass is 16.6. The fourth-order valence-corrected chi connectivity index (χ4v) is 1.83. The Bertz CT molecular complexity index is 580. The molecule has 0 fully saturated rings. The molecule has 0 atom stereocenters. The van der Waals surface area contributed by atoms with Crippen LogP contribution in [0, 0.1) is 10.1 Å². The Morgan fingerprint density at radius 1 is 1.47 bits per heavy atom. The van der Waals surface area contributed by atoms with Crippen LogP contribution in [0.1, 0.15) is 26.3 Å². The second-order valence-corrected chi connectivity index (χ2v) is 4.59. The van der Waals surface area contributed by atoms with E-state index >= 15 is 0 Å². The van der Waals surface area contributed by atoms with E-state index in [1.54, 1.807) is 26.0 Å². The molecule has 1 amide bonds. The van der Waals surface area contributed by atoms with Gasteiger partial charge in [-0.25, -0.2) is 0 Å². The van der Waals surface area contributed by atoms with E-state index in [4.69, 9.17) is 4.74 Å². The summed E-state index contributed by atoms with van der Waals surface area (Å²) in [7, 11) is 0. The van der Waals surface area contributed by atoms with Gasteiger partial charge in [0.1, 0.15) is 0 Å². The average Bonchev–Trinajstić information content (AvgIpc) is 2.65. The predicted molar refractivity (Wildman–Crippen MR) is 67.3 cm³/mol. The highest BCUT2D eigenvalue weighted by Crippen LogP contribution is 2.27. The van der Waals surface area contributed by atoms with E-state index in [0.29, 0.717) is 5.56 Å². The fourth-order valence-electron chi connectivity index (χ4n) is 1.83. The normalized spacial score (nSPS) is 16.8. The number of carbonyl (C=O) groups is 1. The van der Waals surface area contributed by atoms with Crippen LogP contribution in [0.4, 0.5) is 5.69 Å². The Kier molecular flexibility index (Phi) is 2.97. The molecule has 0 aromatic heterocycles. The van der Waals surface area contributed by atoms with Gasteiger partial charge in [0.05, 0.1) is 4.92 Å². The average molecular weight is 263 g/mol. The minimum atomic E-state index is -0.897. The first-order chi connectivity index (χ1) is 8.81. The molecule has 7 nitrogen and oxygen atoms in total. The van der Waals surface area contributed by atoms with Gasteiger partial charge >= 0.3 is 0 Å². The van der Waals surface area contributed by atoms with Crippen molar-refractivity contribution in [2.45, 2.75) is 26.5 Å². The zero-order valence-electron chi connectivity index (χ0n) is 10.8. The standard InChI is InChI=1S/C12H13N3O4/c1-8(16)14-12(2,3)19-11(13-14)9-5-4-6-10(7-9)15(17)18/h4-7H,1-3H3. The number of hydrogen-bond acceptors (Lipinski definition) is 5. The summed E-state index contributed by atoms with van der Waals surface area (Å²) in [4.78, 5) is 21.7. The summed E-state index contributed by atoms with van der Waals surface area (Å²) >= 11 is 0. The van der Waals surface area contributed by atoms with Gasteiger partial charge in [-0.1, -0.05) is 6.07 Å². The Labute approximate surface area is 109 Å². The van der Waals surface area contributed by atoms with Crippen molar-refractivity contribution in [3.63, 3.8) is 0 Å². The Morgan fingerprint density at radius 2 is 2.16 bits per heavy atom. The topological polar surface area (TPSA) is 85.0 Å². The Hall–Kier alpha value is -2.44. The van der Waals surface area contributed by atoms with Crippen molar-refractivity contribution in [1.82, 2.24) is 5.01 Å². The van der Waals surface area contributed by atoms with Crippen LogP contribution in [0.5, 0.6) is 0 Å². The molecule has 0 aliphatic carbocycles. The Balaban J connectivity index is 2.38. The molecule has 7 heteroatoms. The summed E-state index contributed by atoms with van der Waals surface area (Å²) in [5.41, 5.74) is -0.486. The van der Waals surface area contributed by atoms with Gasteiger partial charge in [-0.3, -0.25) is 14.9 Å². The molecule has 0 radical (unpaired) electrons. The lowest BCUT2D eigenvalue weighted by molar-refractivity contribution is -0.384. The van der Waals surface area contributed by atoms with Crippen LogP contribution in [0.3, 0.4) is 0 Å². The predicted octanol–water partition coefficient (Wildman–Crippen LogP) is 1.87. The van der Waals surface area contributed by atoms with Crippen molar-refractivity contribution in [3.05, 3.63) is 39.9 Å². The van der Waals surface area contributed by atoms with Gasteiger partial charge in [-0.05, 0) is 19.9 Å². The molecule has 1 aliphatic heterocycles. The van der Waals surface area contributed by atoms with Crippen LogP contribution in [0.25, 0.3) is 0 Å². The molecule has 1 aromatic carbocycles. The molecule has 0 unspecified atom stereocenters. The third-order valence-electron chi connectivity index (χ3n) is 2.65. The number of carbonyl (C=O) groups excluding carboxylic acids is 1. The maximum Gasteiger partial charge on any atom is 0.270 e. The first kappa shape index (κ1) is 13.0. The molecular weight excluding hydrogens is 250 g/mol. The number of nitro groups is 1. The zero-order chi connectivity index (χ0) is 14.2. The van der Waals surface area contributed by atoms with Crippen molar-refractivity contribution >= 4 is 17.5 Å². The Morgan fingerprint density at radius 3 is 2.68 bits per heavy atom. The zero-order valence-corrected chi connectivity index (χ0v) is 10.8. The maximum atomic E-state index is 11.4. The molecule has 2 rings (SSSR count). The van der Waals surface area contributed by atoms with Crippen molar-refractivity contribution in [2.75, 3.05) is 0 Å². The number of benzene rings is 1. The largest absolute Gasteiger partial charge is 0.448 e. The van der Waals surface area contributed by atoms with Crippen molar-refractivity contribution in [3.8, 4) is 0 Å². The lowest BCUT2D eigenvalue weighted by atomic mass is 10.2. The lowest BCUT2D eigenvalue weighted by Crippen LogP contribution is -2.41. The molecule has 1 aliphatic rings.